The number of aromatic nitrogens is 4. The summed E-state index contributed by atoms with van der Waals surface area (Å²) in [7, 11) is 0. The van der Waals surface area contributed by atoms with Gasteiger partial charge in [0.1, 0.15) is 6.54 Å². The zero-order valence-corrected chi connectivity index (χ0v) is 16.1. The first kappa shape index (κ1) is 17.9. The van der Waals surface area contributed by atoms with E-state index in [1.165, 1.54) is 28.9 Å². The van der Waals surface area contributed by atoms with Crippen molar-refractivity contribution in [2.24, 2.45) is 0 Å². The van der Waals surface area contributed by atoms with Gasteiger partial charge in [0.15, 0.2) is 0 Å². The number of carbonyl (C=O) groups excluding carboxylic acids is 1. The van der Waals surface area contributed by atoms with Crippen LogP contribution in [-0.4, -0.2) is 37.1 Å². The maximum absolute atomic E-state index is 12.9. The molecule has 2 aromatic rings. The molecule has 0 radical (unpaired) electrons. The van der Waals surface area contributed by atoms with E-state index in [1.807, 2.05) is 17.0 Å². The summed E-state index contributed by atoms with van der Waals surface area (Å²) in [6, 6.07) is 8.59. The first-order valence-corrected chi connectivity index (χ1v) is 10.0. The van der Waals surface area contributed by atoms with Crippen LogP contribution in [0.4, 0.5) is 0 Å². The Morgan fingerprint density at radius 3 is 2.63 bits per heavy atom. The maximum atomic E-state index is 12.9. The van der Waals surface area contributed by atoms with E-state index < -0.39 is 0 Å². The Balaban J connectivity index is 1.46. The SMILES string of the molecule is CC(C)c1ccc(-c2nnn(CC(=O)N(C3=CCCCC3)C3CC3)n2)cc1. The van der Waals surface area contributed by atoms with Gasteiger partial charge in [-0.15, -0.1) is 10.2 Å². The second-order valence-electron chi connectivity index (χ2n) is 7.86. The molecule has 1 heterocycles. The van der Waals surface area contributed by atoms with Crippen molar-refractivity contribution >= 4 is 5.91 Å². The molecule has 1 saturated carbocycles. The van der Waals surface area contributed by atoms with Crippen LogP contribution in [0.2, 0.25) is 0 Å². The normalized spacial score (nSPS) is 17.1. The Kier molecular flexibility index (Phi) is 5.05. The van der Waals surface area contributed by atoms with Crippen molar-refractivity contribution in [3.8, 4) is 11.4 Å². The van der Waals surface area contributed by atoms with Gasteiger partial charge in [0, 0.05) is 17.3 Å². The van der Waals surface area contributed by atoms with Crippen molar-refractivity contribution in [3.63, 3.8) is 0 Å². The third-order valence-corrected chi connectivity index (χ3v) is 5.32. The lowest BCUT2D eigenvalue weighted by Crippen LogP contribution is -2.36. The summed E-state index contributed by atoms with van der Waals surface area (Å²) in [4.78, 5) is 16.3. The lowest BCUT2D eigenvalue weighted by atomic mass is 10.0. The van der Waals surface area contributed by atoms with E-state index in [9.17, 15) is 4.79 Å². The van der Waals surface area contributed by atoms with Gasteiger partial charge in [-0.2, -0.15) is 4.80 Å². The van der Waals surface area contributed by atoms with Gasteiger partial charge in [0.05, 0.1) is 0 Å². The molecular formula is C21H27N5O. The van der Waals surface area contributed by atoms with E-state index in [2.05, 4.69) is 47.5 Å². The number of nitrogens with zero attached hydrogens (tertiary/aromatic N) is 5. The van der Waals surface area contributed by atoms with Crippen molar-refractivity contribution in [2.75, 3.05) is 0 Å². The van der Waals surface area contributed by atoms with E-state index in [4.69, 9.17) is 0 Å². The number of hydrogen-bond donors (Lipinski definition) is 0. The minimum atomic E-state index is 0.0738. The Morgan fingerprint density at radius 2 is 2.00 bits per heavy atom. The van der Waals surface area contributed by atoms with Gasteiger partial charge in [-0.25, -0.2) is 0 Å². The lowest BCUT2D eigenvalue weighted by molar-refractivity contribution is -0.131. The van der Waals surface area contributed by atoms with Gasteiger partial charge in [-0.1, -0.05) is 44.2 Å². The highest BCUT2D eigenvalue weighted by Gasteiger charge is 2.35. The van der Waals surface area contributed by atoms with Crippen LogP contribution >= 0.6 is 0 Å². The Morgan fingerprint density at radius 1 is 1.22 bits per heavy atom. The van der Waals surface area contributed by atoms with Gasteiger partial charge in [0.25, 0.3) is 5.91 Å². The minimum absolute atomic E-state index is 0.0738. The first-order chi connectivity index (χ1) is 13.1. The molecule has 142 valence electrons. The highest BCUT2D eigenvalue weighted by Crippen LogP contribution is 2.33. The van der Waals surface area contributed by atoms with E-state index in [1.54, 1.807) is 0 Å². The largest absolute Gasteiger partial charge is 0.312 e. The first-order valence-electron chi connectivity index (χ1n) is 10.0. The van der Waals surface area contributed by atoms with E-state index >= 15 is 0 Å². The average molecular weight is 365 g/mol. The Bertz CT molecular complexity index is 833. The summed E-state index contributed by atoms with van der Waals surface area (Å²) in [5.74, 6) is 1.13. The van der Waals surface area contributed by atoms with Crippen LogP contribution in [0.1, 0.15) is 63.9 Å². The summed E-state index contributed by atoms with van der Waals surface area (Å²) in [5.41, 5.74) is 3.40. The van der Waals surface area contributed by atoms with Crippen LogP contribution in [0, 0.1) is 0 Å². The molecule has 0 unspecified atom stereocenters. The van der Waals surface area contributed by atoms with Crippen LogP contribution in [-0.2, 0) is 11.3 Å². The van der Waals surface area contributed by atoms with Crippen LogP contribution in [0.3, 0.4) is 0 Å². The lowest BCUT2D eigenvalue weighted by Gasteiger charge is -2.27. The fraction of sp³-hybridized carbons (Fsp3) is 0.524. The van der Waals surface area contributed by atoms with Gasteiger partial charge in [-0.05, 0) is 55.2 Å². The number of carbonyl (C=O) groups is 1. The summed E-state index contributed by atoms with van der Waals surface area (Å²) in [5, 5.41) is 12.7. The van der Waals surface area contributed by atoms with Crippen LogP contribution in [0.5, 0.6) is 0 Å². The highest BCUT2D eigenvalue weighted by atomic mass is 16.2. The summed E-state index contributed by atoms with van der Waals surface area (Å²) >= 11 is 0. The predicted molar refractivity (Wildman–Crippen MR) is 104 cm³/mol. The van der Waals surface area contributed by atoms with E-state index in [0.717, 1.165) is 31.2 Å². The fourth-order valence-corrected chi connectivity index (χ4v) is 3.61. The number of benzene rings is 1. The average Bonchev–Trinajstić information content (AvgIpc) is 3.40. The quantitative estimate of drug-likeness (QED) is 0.778. The van der Waals surface area contributed by atoms with Gasteiger partial charge in [0.2, 0.25) is 5.82 Å². The second kappa shape index (κ2) is 7.62. The molecule has 6 heteroatoms. The number of tetrazole rings is 1. The van der Waals surface area contributed by atoms with Gasteiger partial charge >= 0.3 is 0 Å². The van der Waals surface area contributed by atoms with E-state index in [-0.39, 0.29) is 12.5 Å². The molecule has 0 spiro atoms. The molecule has 0 saturated heterocycles. The maximum Gasteiger partial charge on any atom is 0.250 e. The highest BCUT2D eigenvalue weighted by molar-refractivity contribution is 5.78. The Labute approximate surface area is 160 Å². The van der Waals surface area contributed by atoms with Crippen molar-refractivity contribution in [2.45, 2.75) is 70.9 Å². The molecule has 1 aromatic heterocycles. The zero-order chi connectivity index (χ0) is 18.8. The van der Waals surface area contributed by atoms with Crippen molar-refractivity contribution in [1.29, 1.82) is 0 Å². The third kappa shape index (κ3) is 4.10. The monoisotopic (exact) mass is 365 g/mol. The zero-order valence-electron chi connectivity index (χ0n) is 16.1. The summed E-state index contributed by atoms with van der Waals surface area (Å²) in [6.45, 7) is 4.48. The second-order valence-corrected chi connectivity index (χ2v) is 7.86. The topological polar surface area (TPSA) is 63.9 Å². The molecule has 4 rings (SSSR count). The minimum Gasteiger partial charge on any atom is -0.312 e. The number of hydrogen-bond acceptors (Lipinski definition) is 4. The third-order valence-electron chi connectivity index (χ3n) is 5.32. The van der Waals surface area contributed by atoms with Crippen molar-refractivity contribution in [3.05, 3.63) is 41.6 Å². The molecule has 6 nitrogen and oxygen atoms in total. The van der Waals surface area contributed by atoms with E-state index in [0.29, 0.717) is 17.8 Å². The van der Waals surface area contributed by atoms with Gasteiger partial charge < -0.3 is 4.90 Å². The number of amides is 1. The molecule has 0 atom stereocenters. The molecule has 27 heavy (non-hydrogen) atoms. The summed E-state index contributed by atoms with van der Waals surface area (Å²) < 4.78 is 0. The van der Waals surface area contributed by atoms with Crippen LogP contribution in [0.25, 0.3) is 11.4 Å². The fourth-order valence-electron chi connectivity index (χ4n) is 3.61. The molecule has 1 fully saturated rings. The molecule has 0 aliphatic heterocycles. The standard InChI is InChI=1S/C21H27N5O/c1-15(2)16-8-10-17(11-9-16)21-22-24-25(23-21)14-20(27)26(19-12-13-19)18-6-4-3-5-7-18/h6,8-11,15,19H,3-5,7,12-14H2,1-2H3. The molecule has 1 aromatic carbocycles. The van der Waals surface area contributed by atoms with Crippen molar-refractivity contribution in [1.82, 2.24) is 25.1 Å². The predicted octanol–water partition coefficient (Wildman–Crippen LogP) is 3.91. The Hall–Kier alpha value is -2.50. The van der Waals surface area contributed by atoms with Crippen molar-refractivity contribution < 1.29 is 4.79 Å². The molecule has 0 N–H and O–H groups in total. The van der Waals surface area contributed by atoms with Crippen LogP contribution in [0.15, 0.2) is 36.0 Å². The van der Waals surface area contributed by atoms with Gasteiger partial charge in [-0.3, -0.25) is 4.79 Å². The molecular weight excluding hydrogens is 338 g/mol. The molecule has 1 amide bonds. The summed E-state index contributed by atoms with van der Waals surface area (Å²) in [6.07, 6.45) is 8.89. The van der Waals surface area contributed by atoms with Crippen LogP contribution < -0.4 is 0 Å². The molecule has 2 aliphatic carbocycles. The smallest absolute Gasteiger partial charge is 0.250 e. The molecule has 0 bridgehead atoms. The number of allylic oxidation sites excluding steroid dienone is 2. The molecule has 2 aliphatic rings. The number of rotatable bonds is 6.